The second kappa shape index (κ2) is 7.53. The van der Waals surface area contributed by atoms with Gasteiger partial charge in [-0.15, -0.1) is 13.2 Å². The number of ether oxygens (including phenoxy) is 1. The molecule has 0 atom stereocenters. The van der Waals surface area contributed by atoms with Crippen LogP contribution in [0, 0.1) is 0 Å². The van der Waals surface area contributed by atoms with E-state index in [1.165, 1.54) is 24.3 Å². The topological polar surface area (TPSA) is 50.4 Å². The second-order valence-corrected chi connectivity index (χ2v) is 4.69. The number of anilines is 1. The minimum Gasteiger partial charge on any atom is -0.406 e. The van der Waals surface area contributed by atoms with E-state index in [0.29, 0.717) is 12.2 Å². The Kier molecular flexibility index (Phi) is 5.46. The maximum absolute atomic E-state index is 12.0. The number of alkyl halides is 3. The van der Waals surface area contributed by atoms with E-state index in [1.807, 2.05) is 30.3 Å². The van der Waals surface area contributed by atoms with E-state index in [9.17, 15) is 18.0 Å². The molecule has 0 radical (unpaired) electrons. The first kappa shape index (κ1) is 16.7. The zero-order chi connectivity index (χ0) is 16.7. The first-order chi connectivity index (χ1) is 10.9. The SMILES string of the molecule is O=C(CNc1ccc(OC(F)(F)F)cc1)NCc1ccccc1. The Morgan fingerprint density at radius 2 is 1.65 bits per heavy atom. The zero-order valence-electron chi connectivity index (χ0n) is 12.1. The van der Waals surface area contributed by atoms with Gasteiger partial charge in [0.05, 0.1) is 6.54 Å². The summed E-state index contributed by atoms with van der Waals surface area (Å²) in [5.41, 5.74) is 1.50. The van der Waals surface area contributed by atoms with E-state index >= 15 is 0 Å². The van der Waals surface area contributed by atoms with Gasteiger partial charge in [-0.1, -0.05) is 30.3 Å². The number of rotatable bonds is 6. The van der Waals surface area contributed by atoms with Gasteiger partial charge in [-0.3, -0.25) is 4.79 Å². The van der Waals surface area contributed by atoms with Crippen molar-refractivity contribution in [3.63, 3.8) is 0 Å². The van der Waals surface area contributed by atoms with E-state index in [0.717, 1.165) is 5.56 Å². The van der Waals surface area contributed by atoms with Gasteiger partial charge in [0.2, 0.25) is 5.91 Å². The predicted octanol–water partition coefficient (Wildman–Crippen LogP) is 3.31. The summed E-state index contributed by atoms with van der Waals surface area (Å²) < 4.78 is 39.9. The van der Waals surface area contributed by atoms with Crippen molar-refractivity contribution in [3.05, 3.63) is 60.2 Å². The Balaban J connectivity index is 1.76. The summed E-state index contributed by atoms with van der Waals surface area (Å²) >= 11 is 0. The van der Waals surface area contributed by atoms with Crippen LogP contribution >= 0.6 is 0 Å². The van der Waals surface area contributed by atoms with E-state index in [2.05, 4.69) is 15.4 Å². The van der Waals surface area contributed by atoms with E-state index in [4.69, 9.17) is 0 Å². The number of carbonyl (C=O) groups excluding carboxylic acids is 1. The average Bonchev–Trinajstić information content (AvgIpc) is 2.52. The summed E-state index contributed by atoms with van der Waals surface area (Å²) in [6.45, 7) is 0.437. The molecule has 122 valence electrons. The number of hydrogen-bond acceptors (Lipinski definition) is 3. The molecule has 0 aliphatic carbocycles. The third-order valence-electron chi connectivity index (χ3n) is 2.87. The maximum atomic E-state index is 12.0. The Labute approximate surface area is 131 Å². The van der Waals surface area contributed by atoms with Gasteiger partial charge in [-0.25, -0.2) is 0 Å². The van der Waals surface area contributed by atoms with Gasteiger partial charge < -0.3 is 15.4 Å². The van der Waals surface area contributed by atoms with Gasteiger partial charge in [0.25, 0.3) is 0 Å². The van der Waals surface area contributed by atoms with Gasteiger partial charge >= 0.3 is 6.36 Å². The van der Waals surface area contributed by atoms with Gasteiger partial charge in [-0.2, -0.15) is 0 Å². The number of carbonyl (C=O) groups is 1. The summed E-state index contributed by atoms with van der Waals surface area (Å²) in [5.74, 6) is -0.527. The monoisotopic (exact) mass is 324 g/mol. The molecule has 0 unspecified atom stereocenters. The van der Waals surface area contributed by atoms with Crippen LogP contribution in [0.4, 0.5) is 18.9 Å². The van der Waals surface area contributed by atoms with Crippen LogP contribution in [0.3, 0.4) is 0 Å². The normalized spacial score (nSPS) is 10.9. The Morgan fingerprint density at radius 1 is 1.00 bits per heavy atom. The molecule has 0 aliphatic heterocycles. The van der Waals surface area contributed by atoms with E-state index in [-0.39, 0.29) is 18.2 Å². The van der Waals surface area contributed by atoms with Crippen LogP contribution < -0.4 is 15.4 Å². The van der Waals surface area contributed by atoms with Crippen molar-refractivity contribution in [2.75, 3.05) is 11.9 Å². The first-order valence-electron chi connectivity index (χ1n) is 6.83. The van der Waals surface area contributed by atoms with Crippen LogP contribution in [0.1, 0.15) is 5.56 Å². The van der Waals surface area contributed by atoms with Crippen molar-refractivity contribution in [3.8, 4) is 5.75 Å². The Morgan fingerprint density at radius 3 is 2.26 bits per heavy atom. The maximum Gasteiger partial charge on any atom is 0.573 e. The standard InChI is InChI=1S/C16H15F3N2O2/c17-16(18,19)23-14-8-6-13(7-9-14)20-11-15(22)21-10-12-4-2-1-3-5-12/h1-9,20H,10-11H2,(H,21,22). The molecule has 2 rings (SSSR count). The van der Waals surface area contributed by atoms with Crippen LogP contribution in [0.2, 0.25) is 0 Å². The summed E-state index contributed by atoms with van der Waals surface area (Å²) in [5, 5.41) is 5.56. The molecule has 2 N–H and O–H groups in total. The molecule has 0 saturated heterocycles. The Bertz CT molecular complexity index is 628. The van der Waals surface area contributed by atoms with Crippen LogP contribution in [0.5, 0.6) is 5.75 Å². The molecular formula is C16H15F3N2O2. The highest BCUT2D eigenvalue weighted by atomic mass is 19.4. The van der Waals surface area contributed by atoms with Crippen LogP contribution in [-0.4, -0.2) is 18.8 Å². The quantitative estimate of drug-likeness (QED) is 0.857. The van der Waals surface area contributed by atoms with Gasteiger partial charge in [0, 0.05) is 12.2 Å². The number of hydrogen-bond donors (Lipinski definition) is 2. The average molecular weight is 324 g/mol. The van der Waals surface area contributed by atoms with Crippen molar-refractivity contribution in [1.29, 1.82) is 0 Å². The largest absolute Gasteiger partial charge is 0.573 e. The third-order valence-corrected chi connectivity index (χ3v) is 2.87. The van der Waals surface area contributed by atoms with Crippen LogP contribution in [0.25, 0.3) is 0 Å². The molecule has 0 fully saturated rings. The number of nitrogens with one attached hydrogen (secondary N) is 2. The molecular weight excluding hydrogens is 309 g/mol. The molecule has 2 aromatic rings. The van der Waals surface area contributed by atoms with E-state index in [1.54, 1.807) is 0 Å². The summed E-state index contributed by atoms with van der Waals surface area (Å²) in [7, 11) is 0. The van der Waals surface area contributed by atoms with Crippen LogP contribution in [0.15, 0.2) is 54.6 Å². The zero-order valence-corrected chi connectivity index (χ0v) is 12.1. The molecule has 0 spiro atoms. The highest BCUT2D eigenvalue weighted by Crippen LogP contribution is 2.23. The highest BCUT2D eigenvalue weighted by molar-refractivity contribution is 5.80. The Hall–Kier alpha value is -2.70. The lowest BCUT2D eigenvalue weighted by atomic mass is 10.2. The molecule has 2 aromatic carbocycles. The lowest BCUT2D eigenvalue weighted by Crippen LogP contribution is -2.29. The summed E-state index contributed by atoms with van der Waals surface area (Å²) in [6.07, 6.45) is -4.72. The van der Waals surface area contributed by atoms with Crippen LogP contribution in [-0.2, 0) is 11.3 Å². The fraction of sp³-hybridized carbons (Fsp3) is 0.188. The third kappa shape index (κ3) is 6.29. The van der Waals surface area contributed by atoms with Crippen molar-refractivity contribution in [2.45, 2.75) is 12.9 Å². The minimum absolute atomic E-state index is 0.0201. The lowest BCUT2D eigenvalue weighted by molar-refractivity contribution is -0.274. The van der Waals surface area contributed by atoms with Gasteiger partial charge in [0.1, 0.15) is 5.75 Å². The molecule has 0 saturated carbocycles. The fourth-order valence-corrected chi connectivity index (χ4v) is 1.82. The van der Waals surface area contributed by atoms with Crippen molar-refractivity contribution in [2.24, 2.45) is 0 Å². The van der Waals surface area contributed by atoms with Crippen molar-refractivity contribution >= 4 is 11.6 Å². The molecule has 1 amide bonds. The van der Waals surface area contributed by atoms with Gasteiger partial charge in [-0.05, 0) is 29.8 Å². The molecule has 0 aromatic heterocycles. The highest BCUT2D eigenvalue weighted by Gasteiger charge is 2.30. The summed E-state index contributed by atoms with van der Waals surface area (Å²) in [4.78, 5) is 11.7. The molecule has 0 aliphatic rings. The number of benzene rings is 2. The molecule has 7 heteroatoms. The lowest BCUT2D eigenvalue weighted by Gasteiger charge is -2.10. The number of halogens is 3. The molecule has 4 nitrogen and oxygen atoms in total. The summed E-state index contributed by atoms with van der Waals surface area (Å²) in [6, 6.07) is 14.6. The number of amides is 1. The van der Waals surface area contributed by atoms with Crippen molar-refractivity contribution in [1.82, 2.24) is 5.32 Å². The smallest absolute Gasteiger partial charge is 0.406 e. The second-order valence-electron chi connectivity index (χ2n) is 4.69. The first-order valence-corrected chi connectivity index (χ1v) is 6.83. The predicted molar refractivity (Wildman–Crippen MR) is 79.9 cm³/mol. The fourth-order valence-electron chi connectivity index (χ4n) is 1.82. The van der Waals surface area contributed by atoms with Crippen molar-refractivity contribution < 1.29 is 22.7 Å². The molecule has 0 heterocycles. The molecule has 0 bridgehead atoms. The molecule has 23 heavy (non-hydrogen) atoms. The van der Waals surface area contributed by atoms with Gasteiger partial charge in [0.15, 0.2) is 0 Å². The van der Waals surface area contributed by atoms with E-state index < -0.39 is 6.36 Å². The minimum atomic E-state index is -4.72.